The summed E-state index contributed by atoms with van der Waals surface area (Å²) < 4.78 is 11.1. The summed E-state index contributed by atoms with van der Waals surface area (Å²) >= 11 is 3.36. The zero-order chi connectivity index (χ0) is 13.0. The molecule has 4 nitrogen and oxygen atoms in total. The van der Waals surface area contributed by atoms with E-state index in [1.807, 2.05) is 31.2 Å². The number of aliphatic imine (C=N–C) groups is 1. The molecular weight excluding hydrogens is 298 g/mol. The third-order valence-corrected chi connectivity index (χ3v) is 2.82. The van der Waals surface area contributed by atoms with Crippen LogP contribution in [0.5, 0.6) is 0 Å². The Morgan fingerprint density at radius 1 is 1.39 bits per heavy atom. The Kier molecular flexibility index (Phi) is 4.15. The average Bonchev–Trinajstić information content (AvgIpc) is 2.70. The quantitative estimate of drug-likeness (QED) is 0.488. The molecule has 0 aromatic heterocycles. The molecule has 0 saturated heterocycles. The highest BCUT2D eigenvalue weighted by atomic mass is 79.9. The SMILES string of the molecule is CCO/C=C1/N=C(Cc2ccc(Br)cc2)OC1=O. The van der Waals surface area contributed by atoms with Gasteiger partial charge in [-0.25, -0.2) is 9.79 Å². The topological polar surface area (TPSA) is 47.9 Å². The number of cyclic esters (lactones) is 1. The summed E-state index contributed by atoms with van der Waals surface area (Å²) in [5.74, 6) is -0.0659. The molecule has 2 rings (SSSR count). The van der Waals surface area contributed by atoms with Crippen molar-refractivity contribution in [3.63, 3.8) is 0 Å². The van der Waals surface area contributed by atoms with Crippen LogP contribution in [0.15, 0.2) is 45.7 Å². The average molecular weight is 310 g/mol. The molecule has 0 saturated carbocycles. The minimum Gasteiger partial charge on any atom is -0.499 e. The first-order valence-electron chi connectivity index (χ1n) is 5.55. The predicted octanol–water partition coefficient (Wildman–Crippen LogP) is 2.82. The van der Waals surface area contributed by atoms with Crippen molar-refractivity contribution in [2.45, 2.75) is 13.3 Å². The van der Waals surface area contributed by atoms with Gasteiger partial charge in [0, 0.05) is 10.9 Å². The van der Waals surface area contributed by atoms with E-state index in [2.05, 4.69) is 20.9 Å². The smallest absolute Gasteiger partial charge is 0.366 e. The number of esters is 1. The van der Waals surface area contributed by atoms with Gasteiger partial charge in [0.2, 0.25) is 5.90 Å². The molecule has 0 atom stereocenters. The standard InChI is InChI=1S/C13H12BrNO3/c1-2-17-8-11-13(16)18-12(15-11)7-9-3-5-10(14)6-4-9/h3-6,8H,2,7H2,1H3/b11-8+. The van der Waals surface area contributed by atoms with Crippen LogP contribution in [0.3, 0.4) is 0 Å². The highest BCUT2D eigenvalue weighted by molar-refractivity contribution is 9.10. The van der Waals surface area contributed by atoms with Crippen molar-refractivity contribution < 1.29 is 14.3 Å². The zero-order valence-corrected chi connectivity index (χ0v) is 11.4. The van der Waals surface area contributed by atoms with E-state index in [9.17, 15) is 4.79 Å². The van der Waals surface area contributed by atoms with E-state index < -0.39 is 5.97 Å². The van der Waals surface area contributed by atoms with Gasteiger partial charge in [0.1, 0.15) is 6.26 Å². The molecule has 94 valence electrons. The lowest BCUT2D eigenvalue weighted by Crippen LogP contribution is -2.06. The summed E-state index contributed by atoms with van der Waals surface area (Å²) in [6.07, 6.45) is 1.82. The summed E-state index contributed by atoms with van der Waals surface area (Å²) in [7, 11) is 0. The van der Waals surface area contributed by atoms with Crippen molar-refractivity contribution in [2.75, 3.05) is 6.61 Å². The Morgan fingerprint density at radius 3 is 2.78 bits per heavy atom. The third-order valence-electron chi connectivity index (χ3n) is 2.30. The van der Waals surface area contributed by atoms with E-state index in [1.165, 1.54) is 6.26 Å². The van der Waals surface area contributed by atoms with Gasteiger partial charge in [0.15, 0.2) is 5.70 Å². The van der Waals surface area contributed by atoms with Crippen LogP contribution >= 0.6 is 15.9 Å². The maximum Gasteiger partial charge on any atom is 0.366 e. The molecule has 1 heterocycles. The van der Waals surface area contributed by atoms with Crippen LogP contribution in [0, 0.1) is 0 Å². The number of carbonyl (C=O) groups excluding carboxylic acids is 1. The van der Waals surface area contributed by atoms with Crippen LogP contribution < -0.4 is 0 Å². The minimum absolute atomic E-state index is 0.212. The van der Waals surface area contributed by atoms with Crippen molar-refractivity contribution in [1.82, 2.24) is 0 Å². The number of halogens is 1. The highest BCUT2D eigenvalue weighted by Gasteiger charge is 2.23. The number of benzene rings is 1. The highest BCUT2D eigenvalue weighted by Crippen LogP contribution is 2.16. The molecule has 0 N–H and O–H groups in total. The normalized spacial score (nSPS) is 16.7. The van der Waals surface area contributed by atoms with E-state index >= 15 is 0 Å². The van der Waals surface area contributed by atoms with E-state index in [4.69, 9.17) is 9.47 Å². The van der Waals surface area contributed by atoms with Crippen LogP contribution in [-0.2, 0) is 20.7 Å². The van der Waals surface area contributed by atoms with E-state index in [0.717, 1.165) is 10.0 Å². The van der Waals surface area contributed by atoms with Gasteiger partial charge >= 0.3 is 5.97 Å². The second-order valence-corrected chi connectivity index (χ2v) is 4.57. The second kappa shape index (κ2) is 5.82. The Labute approximate surface area is 113 Å². The maximum absolute atomic E-state index is 11.4. The number of hydrogen-bond donors (Lipinski definition) is 0. The van der Waals surface area contributed by atoms with Crippen LogP contribution in [0.4, 0.5) is 0 Å². The zero-order valence-electron chi connectivity index (χ0n) is 9.85. The fourth-order valence-corrected chi connectivity index (χ4v) is 1.72. The molecule has 0 radical (unpaired) electrons. The van der Waals surface area contributed by atoms with Gasteiger partial charge in [-0.05, 0) is 24.6 Å². The molecule has 1 aliphatic rings. The molecule has 0 fully saturated rings. The van der Waals surface area contributed by atoms with Crippen molar-refractivity contribution in [3.05, 3.63) is 46.3 Å². The molecule has 1 aromatic rings. The number of nitrogens with zero attached hydrogens (tertiary/aromatic N) is 1. The van der Waals surface area contributed by atoms with E-state index in [0.29, 0.717) is 18.9 Å². The van der Waals surface area contributed by atoms with Gasteiger partial charge in [0.05, 0.1) is 6.61 Å². The molecule has 0 bridgehead atoms. The van der Waals surface area contributed by atoms with Gasteiger partial charge in [-0.15, -0.1) is 0 Å². The Balaban J connectivity index is 2.07. The number of ether oxygens (including phenoxy) is 2. The Bertz CT molecular complexity index is 505. The molecule has 0 aliphatic carbocycles. The van der Waals surface area contributed by atoms with Crippen molar-refractivity contribution >= 4 is 27.8 Å². The number of rotatable bonds is 4. The first kappa shape index (κ1) is 12.8. The first-order valence-corrected chi connectivity index (χ1v) is 6.34. The molecule has 18 heavy (non-hydrogen) atoms. The lowest BCUT2D eigenvalue weighted by Gasteiger charge is -2.00. The summed E-state index contributed by atoms with van der Waals surface area (Å²) in [6, 6.07) is 7.77. The molecule has 0 unspecified atom stereocenters. The number of carbonyl (C=O) groups is 1. The second-order valence-electron chi connectivity index (χ2n) is 3.66. The summed E-state index contributed by atoms with van der Waals surface area (Å²) in [4.78, 5) is 15.5. The fourth-order valence-electron chi connectivity index (χ4n) is 1.45. The van der Waals surface area contributed by atoms with Gasteiger partial charge in [-0.1, -0.05) is 28.1 Å². The van der Waals surface area contributed by atoms with Crippen molar-refractivity contribution in [1.29, 1.82) is 0 Å². The van der Waals surface area contributed by atoms with Gasteiger partial charge in [0.25, 0.3) is 0 Å². The Morgan fingerprint density at radius 2 is 2.11 bits per heavy atom. The fraction of sp³-hybridized carbons (Fsp3) is 0.231. The van der Waals surface area contributed by atoms with Gasteiger partial charge in [-0.3, -0.25) is 0 Å². The molecule has 5 heteroatoms. The monoisotopic (exact) mass is 309 g/mol. The molecule has 0 spiro atoms. The molecule has 1 aromatic carbocycles. The molecular formula is C13H12BrNO3. The molecule has 0 amide bonds. The van der Waals surface area contributed by atoms with E-state index in [-0.39, 0.29) is 5.70 Å². The number of hydrogen-bond acceptors (Lipinski definition) is 4. The lowest BCUT2D eigenvalue weighted by atomic mass is 10.1. The maximum atomic E-state index is 11.4. The van der Waals surface area contributed by atoms with Crippen LogP contribution in [0.2, 0.25) is 0 Å². The predicted molar refractivity (Wildman–Crippen MR) is 71.1 cm³/mol. The largest absolute Gasteiger partial charge is 0.499 e. The first-order chi connectivity index (χ1) is 8.69. The lowest BCUT2D eigenvalue weighted by molar-refractivity contribution is -0.130. The van der Waals surface area contributed by atoms with Crippen LogP contribution in [0.25, 0.3) is 0 Å². The Hall–Kier alpha value is -1.62. The van der Waals surface area contributed by atoms with Crippen molar-refractivity contribution in [3.8, 4) is 0 Å². The van der Waals surface area contributed by atoms with Crippen molar-refractivity contribution in [2.24, 2.45) is 4.99 Å². The van der Waals surface area contributed by atoms with Crippen LogP contribution in [-0.4, -0.2) is 18.5 Å². The van der Waals surface area contributed by atoms with Gasteiger partial charge < -0.3 is 9.47 Å². The van der Waals surface area contributed by atoms with Gasteiger partial charge in [-0.2, -0.15) is 0 Å². The van der Waals surface area contributed by atoms with Crippen LogP contribution in [0.1, 0.15) is 12.5 Å². The summed E-state index contributed by atoms with van der Waals surface area (Å²) in [5.41, 5.74) is 1.24. The summed E-state index contributed by atoms with van der Waals surface area (Å²) in [6.45, 7) is 2.33. The third kappa shape index (κ3) is 3.20. The minimum atomic E-state index is -0.462. The molecule has 1 aliphatic heterocycles. The van der Waals surface area contributed by atoms with E-state index in [1.54, 1.807) is 0 Å². The summed E-state index contributed by atoms with van der Waals surface area (Å²) in [5, 5.41) is 0.